The van der Waals surface area contributed by atoms with Gasteiger partial charge in [0, 0.05) is 29.4 Å². The molecule has 0 heterocycles. The third-order valence-corrected chi connectivity index (χ3v) is 3.82. The van der Waals surface area contributed by atoms with E-state index in [1.54, 1.807) is 31.2 Å². The first-order valence-corrected chi connectivity index (χ1v) is 8.59. The van der Waals surface area contributed by atoms with Gasteiger partial charge in [0.15, 0.2) is 10.9 Å². The van der Waals surface area contributed by atoms with Crippen LogP contribution in [0.2, 0.25) is 0 Å². The minimum Gasteiger partial charge on any atom is -0.490 e. The zero-order valence-electron chi connectivity index (χ0n) is 15.1. The highest BCUT2D eigenvalue weighted by molar-refractivity contribution is 7.80. The predicted octanol–water partition coefficient (Wildman–Crippen LogP) is 3.08. The van der Waals surface area contributed by atoms with E-state index in [4.69, 9.17) is 17.0 Å². The molecule has 2 amide bonds. The van der Waals surface area contributed by atoms with E-state index in [1.165, 1.54) is 19.2 Å². The van der Waals surface area contributed by atoms with Crippen LogP contribution in [0.3, 0.4) is 0 Å². The van der Waals surface area contributed by atoms with E-state index in [1.807, 2.05) is 0 Å². The molecule has 10 heteroatoms. The number of ether oxygens (including phenoxy) is 1. The fourth-order valence-electron chi connectivity index (χ4n) is 2.20. The Morgan fingerprint density at radius 3 is 2.25 bits per heavy atom. The van der Waals surface area contributed by atoms with Crippen molar-refractivity contribution in [3.63, 3.8) is 0 Å². The Hall–Kier alpha value is -3.53. The summed E-state index contributed by atoms with van der Waals surface area (Å²) in [6.45, 7) is 1.75. The normalized spacial score (nSPS) is 9.93. The molecule has 0 fully saturated rings. The largest absolute Gasteiger partial charge is 0.490 e. The van der Waals surface area contributed by atoms with Crippen molar-refractivity contribution in [2.45, 2.75) is 13.3 Å². The highest BCUT2D eigenvalue weighted by Crippen LogP contribution is 2.27. The van der Waals surface area contributed by atoms with Gasteiger partial charge < -0.3 is 15.4 Å². The molecule has 0 radical (unpaired) electrons. The third kappa shape index (κ3) is 5.48. The van der Waals surface area contributed by atoms with E-state index >= 15 is 0 Å². The second kappa shape index (κ2) is 9.42. The predicted molar refractivity (Wildman–Crippen MR) is 109 cm³/mol. The molecule has 9 nitrogen and oxygen atoms in total. The number of nitrogens with one attached hydrogen (secondary N) is 3. The van der Waals surface area contributed by atoms with Gasteiger partial charge in [0.1, 0.15) is 0 Å². The van der Waals surface area contributed by atoms with Crippen LogP contribution >= 0.6 is 12.2 Å². The van der Waals surface area contributed by atoms with Crippen LogP contribution in [0.1, 0.15) is 23.7 Å². The summed E-state index contributed by atoms with van der Waals surface area (Å²) in [5, 5.41) is 19.1. The molecule has 0 saturated carbocycles. The average Bonchev–Trinajstić information content (AvgIpc) is 2.68. The zero-order chi connectivity index (χ0) is 20.7. The van der Waals surface area contributed by atoms with Gasteiger partial charge in [-0.05, 0) is 48.6 Å². The molecular formula is C18H18N4O5S. The highest BCUT2D eigenvalue weighted by Gasteiger charge is 2.18. The Labute approximate surface area is 166 Å². The standard InChI is InChI=1S/C18H18N4O5S/c1-3-16(23)19-12-5-7-13(8-6-12)20-18(28)21-17(24)11-4-9-15(27-2)14(10-11)22(25)26/h4-10H,3H2,1-2H3,(H,19,23)(H2,20,21,24,28). The van der Waals surface area contributed by atoms with Crippen molar-refractivity contribution in [2.75, 3.05) is 17.7 Å². The van der Waals surface area contributed by atoms with Gasteiger partial charge in [-0.25, -0.2) is 0 Å². The Morgan fingerprint density at radius 2 is 1.71 bits per heavy atom. The first-order chi connectivity index (χ1) is 13.3. The molecular weight excluding hydrogens is 384 g/mol. The molecule has 0 aliphatic carbocycles. The molecule has 2 aromatic carbocycles. The van der Waals surface area contributed by atoms with Gasteiger partial charge in [-0.1, -0.05) is 6.92 Å². The van der Waals surface area contributed by atoms with Crippen LogP contribution in [0.15, 0.2) is 42.5 Å². The molecule has 2 aromatic rings. The van der Waals surface area contributed by atoms with Gasteiger partial charge in [0.2, 0.25) is 5.91 Å². The Balaban J connectivity index is 2.01. The zero-order valence-corrected chi connectivity index (χ0v) is 16.0. The maximum Gasteiger partial charge on any atom is 0.311 e. The van der Waals surface area contributed by atoms with Crippen molar-refractivity contribution in [2.24, 2.45) is 0 Å². The first-order valence-electron chi connectivity index (χ1n) is 8.18. The lowest BCUT2D eigenvalue weighted by Crippen LogP contribution is -2.34. The van der Waals surface area contributed by atoms with Crippen molar-refractivity contribution >= 4 is 46.2 Å². The van der Waals surface area contributed by atoms with Crippen molar-refractivity contribution in [1.29, 1.82) is 0 Å². The minimum atomic E-state index is -0.634. The number of hydrogen-bond donors (Lipinski definition) is 3. The fraction of sp³-hybridized carbons (Fsp3) is 0.167. The minimum absolute atomic E-state index is 0.0221. The maximum atomic E-state index is 12.3. The molecule has 0 bridgehead atoms. The summed E-state index contributed by atoms with van der Waals surface area (Å²) >= 11 is 5.10. The monoisotopic (exact) mass is 402 g/mol. The first kappa shape index (κ1) is 20.8. The molecule has 0 unspecified atom stereocenters. The van der Waals surface area contributed by atoms with Crippen molar-refractivity contribution in [1.82, 2.24) is 5.32 Å². The van der Waals surface area contributed by atoms with Crippen LogP contribution in [0, 0.1) is 10.1 Å². The molecule has 0 atom stereocenters. The number of carbonyl (C=O) groups excluding carboxylic acids is 2. The molecule has 146 valence electrons. The number of carbonyl (C=O) groups is 2. The van der Waals surface area contributed by atoms with Gasteiger partial charge in [-0.3, -0.25) is 25.0 Å². The molecule has 0 saturated heterocycles. The van der Waals surface area contributed by atoms with Crippen LogP contribution in [-0.4, -0.2) is 29.0 Å². The van der Waals surface area contributed by atoms with E-state index in [0.717, 1.165) is 6.07 Å². The molecule has 28 heavy (non-hydrogen) atoms. The lowest BCUT2D eigenvalue weighted by atomic mass is 10.1. The second-order valence-electron chi connectivity index (χ2n) is 5.53. The topological polar surface area (TPSA) is 123 Å². The number of thiocarbonyl (C=S) groups is 1. The summed E-state index contributed by atoms with van der Waals surface area (Å²) in [5.41, 5.74) is 0.978. The van der Waals surface area contributed by atoms with Gasteiger partial charge in [0.25, 0.3) is 5.91 Å². The summed E-state index contributed by atoms with van der Waals surface area (Å²) in [4.78, 5) is 34.1. The fourth-order valence-corrected chi connectivity index (χ4v) is 2.41. The van der Waals surface area contributed by atoms with Crippen LogP contribution in [0.4, 0.5) is 17.1 Å². The van der Waals surface area contributed by atoms with Crippen LogP contribution < -0.4 is 20.7 Å². The Bertz CT molecular complexity index is 915. The van der Waals surface area contributed by atoms with E-state index in [0.29, 0.717) is 17.8 Å². The van der Waals surface area contributed by atoms with Gasteiger partial charge >= 0.3 is 5.69 Å². The molecule has 2 rings (SSSR count). The Morgan fingerprint density at radius 1 is 1.11 bits per heavy atom. The molecule has 0 aromatic heterocycles. The third-order valence-electron chi connectivity index (χ3n) is 3.61. The van der Waals surface area contributed by atoms with Crippen LogP contribution in [0.25, 0.3) is 0 Å². The summed E-state index contributed by atoms with van der Waals surface area (Å²) in [6, 6.07) is 10.6. The van der Waals surface area contributed by atoms with E-state index in [2.05, 4.69) is 16.0 Å². The number of hydrogen-bond acceptors (Lipinski definition) is 6. The van der Waals surface area contributed by atoms with E-state index in [-0.39, 0.29) is 28.0 Å². The van der Waals surface area contributed by atoms with Gasteiger partial charge in [-0.2, -0.15) is 0 Å². The number of amides is 2. The number of nitro groups is 1. The molecule has 0 aliphatic rings. The van der Waals surface area contributed by atoms with Crippen LogP contribution in [0.5, 0.6) is 5.75 Å². The Kier molecular flexibility index (Phi) is 6.99. The molecule has 0 spiro atoms. The second-order valence-corrected chi connectivity index (χ2v) is 5.94. The van der Waals surface area contributed by atoms with E-state index < -0.39 is 10.8 Å². The smallest absolute Gasteiger partial charge is 0.311 e. The summed E-state index contributed by atoms with van der Waals surface area (Å²) in [5.74, 6) is -0.648. The average molecular weight is 402 g/mol. The number of rotatable bonds is 6. The lowest BCUT2D eigenvalue weighted by Gasteiger charge is -2.11. The lowest BCUT2D eigenvalue weighted by molar-refractivity contribution is -0.385. The summed E-state index contributed by atoms with van der Waals surface area (Å²) < 4.78 is 4.90. The van der Waals surface area contributed by atoms with Crippen molar-refractivity contribution < 1.29 is 19.2 Å². The SMILES string of the molecule is CCC(=O)Nc1ccc(NC(=S)NC(=O)c2ccc(OC)c([N+](=O)[O-])c2)cc1. The number of methoxy groups -OCH3 is 1. The highest BCUT2D eigenvalue weighted by atomic mass is 32.1. The molecule has 0 aliphatic heterocycles. The maximum absolute atomic E-state index is 12.3. The van der Waals surface area contributed by atoms with Gasteiger partial charge in [-0.15, -0.1) is 0 Å². The van der Waals surface area contributed by atoms with Crippen LogP contribution in [-0.2, 0) is 4.79 Å². The van der Waals surface area contributed by atoms with Crippen molar-refractivity contribution in [3.05, 3.63) is 58.1 Å². The number of nitrogens with zero attached hydrogens (tertiary/aromatic N) is 1. The molecule has 3 N–H and O–H groups in total. The number of benzene rings is 2. The number of nitro benzene ring substituents is 1. The van der Waals surface area contributed by atoms with Gasteiger partial charge in [0.05, 0.1) is 12.0 Å². The van der Waals surface area contributed by atoms with E-state index in [9.17, 15) is 19.7 Å². The summed E-state index contributed by atoms with van der Waals surface area (Å²) in [6.07, 6.45) is 0.375. The number of anilines is 2. The quantitative estimate of drug-likeness (QED) is 0.385. The summed E-state index contributed by atoms with van der Waals surface area (Å²) in [7, 11) is 1.31. The van der Waals surface area contributed by atoms with Crippen molar-refractivity contribution in [3.8, 4) is 5.75 Å².